The van der Waals surface area contributed by atoms with Crippen LogP contribution in [0.1, 0.15) is 33.1 Å². The molecule has 1 aliphatic rings. The van der Waals surface area contributed by atoms with Gasteiger partial charge in [-0.2, -0.15) is 0 Å². The Hall–Kier alpha value is -4.28. The van der Waals surface area contributed by atoms with Gasteiger partial charge in [0, 0.05) is 12.1 Å². The Morgan fingerprint density at radius 2 is 1.22 bits per heavy atom. The van der Waals surface area contributed by atoms with Crippen LogP contribution in [0.3, 0.4) is 0 Å². The molecule has 1 heterocycles. The Morgan fingerprint density at radius 3 is 1.81 bits per heavy atom. The van der Waals surface area contributed by atoms with Crippen LogP contribution in [0.15, 0.2) is 133 Å². The molecule has 0 amide bonds. The predicted molar refractivity (Wildman–Crippen MR) is 145 cm³/mol. The Labute approximate surface area is 217 Å². The van der Waals surface area contributed by atoms with E-state index >= 15 is 0 Å². The van der Waals surface area contributed by atoms with Crippen molar-refractivity contribution in [3.8, 4) is 0 Å². The first kappa shape index (κ1) is 24.4. The molecule has 4 heteroatoms. The van der Waals surface area contributed by atoms with Gasteiger partial charge in [-0.3, -0.25) is 14.5 Å². The topological polar surface area (TPSA) is 46.6 Å². The molecule has 0 radical (unpaired) electrons. The number of Topliss-reactive ketones (excluding diaryl/α,β-unsaturated/α-hetero) is 1. The van der Waals surface area contributed by atoms with Gasteiger partial charge in [-0.1, -0.05) is 128 Å². The Morgan fingerprint density at radius 1 is 0.703 bits per heavy atom. The molecule has 5 rings (SSSR count). The number of likely N-dealkylation sites (tertiary alicyclic amines) is 1. The second-order valence-corrected chi connectivity index (χ2v) is 9.29. The number of ether oxygens (including phenoxy) is 1. The highest BCUT2D eigenvalue weighted by atomic mass is 16.5. The van der Waals surface area contributed by atoms with Crippen molar-refractivity contribution >= 4 is 11.8 Å². The second-order valence-electron chi connectivity index (χ2n) is 9.29. The fourth-order valence-corrected chi connectivity index (χ4v) is 5.13. The van der Waals surface area contributed by atoms with Crippen LogP contribution in [-0.2, 0) is 22.7 Å². The number of carbonyl (C=O) groups is 2. The summed E-state index contributed by atoms with van der Waals surface area (Å²) in [4.78, 5) is 29.7. The van der Waals surface area contributed by atoms with E-state index in [1.807, 2.05) is 121 Å². The number of hydrogen-bond acceptors (Lipinski definition) is 4. The Kier molecular flexibility index (Phi) is 7.38. The number of esters is 1. The highest BCUT2D eigenvalue weighted by molar-refractivity contribution is 6.03. The van der Waals surface area contributed by atoms with Crippen molar-refractivity contribution in [2.24, 2.45) is 5.92 Å². The van der Waals surface area contributed by atoms with Crippen LogP contribution in [0.5, 0.6) is 0 Å². The zero-order valence-electron chi connectivity index (χ0n) is 20.6. The molecule has 184 valence electrons. The van der Waals surface area contributed by atoms with Crippen LogP contribution in [-0.4, -0.2) is 22.7 Å². The smallest absolute Gasteiger partial charge is 0.315 e. The number of benzene rings is 4. The van der Waals surface area contributed by atoms with E-state index in [1.54, 1.807) is 0 Å². The largest absolute Gasteiger partial charge is 0.460 e. The molecule has 4 nitrogen and oxygen atoms in total. The molecule has 0 aromatic heterocycles. The van der Waals surface area contributed by atoms with Crippen LogP contribution >= 0.6 is 0 Å². The third-order valence-electron chi connectivity index (χ3n) is 6.89. The summed E-state index contributed by atoms with van der Waals surface area (Å²) in [5.74, 6) is -1.13. The summed E-state index contributed by atoms with van der Waals surface area (Å²) < 4.78 is 5.83. The van der Waals surface area contributed by atoms with Gasteiger partial charge >= 0.3 is 5.97 Å². The molecular weight excluding hydrogens is 458 g/mol. The van der Waals surface area contributed by atoms with Gasteiger partial charge in [-0.05, 0) is 22.3 Å². The summed E-state index contributed by atoms with van der Waals surface area (Å²) in [7, 11) is 0. The third-order valence-corrected chi connectivity index (χ3v) is 6.89. The molecule has 3 atom stereocenters. The van der Waals surface area contributed by atoms with Crippen molar-refractivity contribution in [1.82, 2.24) is 4.90 Å². The second kappa shape index (κ2) is 11.2. The average molecular weight is 488 g/mol. The lowest BCUT2D eigenvalue weighted by molar-refractivity contribution is -0.149. The van der Waals surface area contributed by atoms with E-state index in [0.29, 0.717) is 17.7 Å². The first-order chi connectivity index (χ1) is 18.1. The van der Waals surface area contributed by atoms with Gasteiger partial charge < -0.3 is 4.74 Å². The number of rotatable bonds is 8. The van der Waals surface area contributed by atoms with Crippen molar-refractivity contribution in [3.05, 3.63) is 156 Å². The van der Waals surface area contributed by atoms with Gasteiger partial charge in [0.2, 0.25) is 0 Å². The number of carbonyl (C=O) groups excluding carboxylic acids is 2. The third kappa shape index (κ3) is 5.30. The lowest BCUT2D eigenvalue weighted by Gasteiger charge is -2.30. The van der Waals surface area contributed by atoms with Gasteiger partial charge in [0.25, 0.3) is 0 Å². The van der Waals surface area contributed by atoms with Crippen molar-refractivity contribution < 1.29 is 14.3 Å². The van der Waals surface area contributed by atoms with Crippen molar-refractivity contribution in [2.75, 3.05) is 0 Å². The lowest BCUT2D eigenvalue weighted by atomic mass is 9.88. The van der Waals surface area contributed by atoms with E-state index in [4.69, 9.17) is 4.74 Å². The fourth-order valence-electron chi connectivity index (χ4n) is 5.13. The summed E-state index contributed by atoms with van der Waals surface area (Å²) in [6.07, 6.45) is 0. The van der Waals surface area contributed by atoms with E-state index in [2.05, 4.69) is 11.5 Å². The monoisotopic (exact) mass is 487 g/mol. The molecule has 0 saturated carbocycles. The predicted octanol–water partition coefficient (Wildman–Crippen LogP) is 6.41. The molecule has 0 aliphatic carbocycles. The highest BCUT2D eigenvalue weighted by Crippen LogP contribution is 2.46. The molecule has 0 spiro atoms. The minimum Gasteiger partial charge on any atom is -0.460 e. The van der Waals surface area contributed by atoms with Crippen LogP contribution in [0.25, 0.3) is 0 Å². The molecular formula is C33H29NO3. The molecule has 1 aliphatic heterocycles. The van der Waals surface area contributed by atoms with Crippen LogP contribution < -0.4 is 0 Å². The minimum atomic E-state index is -0.688. The zero-order valence-corrected chi connectivity index (χ0v) is 20.6. The molecule has 4 aromatic carbocycles. The van der Waals surface area contributed by atoms with Gasteiger partial charge in [0.15, 0.2) is 5.78 Å². The van der Waals surface area contributed by atoms with Gasteiger partial charge in [-0.25, -0.2) is 0 Å². The molecule has 0 unspecified atom stereocenters. The summed E-state index contributed by atoms with van der Waals surface area (Å²) in [6.45, 7) is 5.00. The molecule has 37 heavy (non-hydrogen) atoms. The normalized spacial score (nSPS) is 19.5. The van der Waals surface area contributed by atoms with E-state index < -0.39 is 18.0 Å². The number of hydrogen-bond donors (Lipinski definition) is 0. The molecule has 4 aromatic rings. The summed E-state index contributed by atoms with van der Waals surface area (Å²) >= 11 is 0. The molecule has 1 saturated heterocycles. The highest BCUT2D eigenvalue weighted by Gasteiger charge is 2.51. The molecule has 0 bridgehead atoms. The van der Waals surface area contributed by atoms with Crippen molar-refractivity contribution in [3.63, 3.8) is 0 Å². The minimum absolute atomic E-state index is 0.0687. The van der Waals surface area contributed by atoms with Gasteiger partial charge in [-0.15, -0.1) is 0 Å². The SMILES string of the molecule is C=C1[C@@H](C(=O)OCc2ccccc2)[C@@H](c2ccccc2)N(Cc2ccccc2)[C@@H]1C(=O)c1ccccc1. The van der Waals surface area contributed by atoms with Crippen molar-refractivity contribution in [2.45, 2.75) is 25.2 Å². The average Bonchev–Trinajstić information content (AvgIpc) is 3.24. The summed E-state index contributed by atoms with van der Waals surface area (Å²) in [6, 6.07) is 37.7. The standard InChI is InChI=1S/C33H29NO3/c1-24-29(33(36)37-23-26-16-8-3-9-17-26)31(27-18-10-4-11-19-27)34(22-25-14-6-2-7-15-25)30(24)32(35)28-20-12-5-13-21-28/h2-21,29-31H,1,22-23H2/t29-,30+,31-/m1/s1. The van der Waals surface area contributed by atoms with Crippen LogP contribution in [0.4, 0.5) is 0 Å². The maximum Gasteiger partial charge on any atom is 0.315 e. The number of ketones is 1. The van der Waals surface area contributed by atoms with E-state index in [9.17, 15) is 9.59 Å². The summed E-state index contributed by atoms with van der Waals surface area (Å²) in [5.41, 5.74) is 4.08. The summed E-state index contributed by atoms with van der Waals surface area (Å²) in [5, 5.41) is 0. The fraction of sp³-hybridized carbons (Fsp3) is 0.152. The number of nitrogens with zero attached hydrogens (tertiary/aromatic N) is 1. The Balaban J connectivity index is 1.55. The first-order valence-electron chi connectivity index (χ1n) is 12.5. The van der Waals surface area contributed by atoms with E-state index in [0.717, 1.165) is 16.7 Å². The first-order valence-corrected chi connectivity index (χ1v) is 12.5. The maximum atomic E-state index is 13.9. The van der Waals surface area contributed by atoms with Crippen LogP contribution in [0.2, 0.25) is 0 Å². The maximum absolute atomic E-state index is 13.9. The van der Waals surface area contributed by atoms with E-state index in [1.165, 1.54) is 0 Å². The Bertz CT molecular complexity index is 1350. The molecule has 0 N–H and O–H groups in total. The van der Waals surface area contributed by atoms with Crippen LogP contribution in [0, 0.1) is 5.92 Å². The quantitative estimate of drug-likeness (QED) is 0.164. The lowest BCUT2D eigenvalue weighted by Crippen LogP contribution is -2.38. The van der Waals surface area contributed by atoms with Crippen molar-refractivity contribution in [1.29, 1.82) is 0 Å². The molecule has 1 fully saturated rings. The van der Waals surface area contributed by atoms with Gasteiger partial charge in [0.05, 0.1) is 18.0 Å². The van der Waals surface area contributed by atoms with Gasteiger partial charge in [0.1, 0.15) is 6.61 Å². The zero-order chi connectivity index (χ0) is 25.6. The van der Waals surface area contributed by atoms with E-state index in [-0.39, 0.29) is 18.4 Å².